The highest BCUT2D eigenvalue weighted by Crippen LogP contribution is 2.25. The van der Waals surface area contributed by atoms with Gasteiger partial charge in [0.05, 0.1) is 5.75 Å². The Bertz CT molecular complexity index is 913. The summed E-state index contributed by atoms with van der Waals surface area (Å²) in [5.74, 6) is 0.582. The molecule has 0 aliphatic carbocycles. The van der Waals surface area contributed by atoms with Gasteiger partial charge in [-0.3, -0.25) is 9.59 Å². The summed E-state index contributed by atoms with van der Waals surface area (Å²) in [6.45, 7) is 6.10. The molecule has 1 N–H and O–H groups in total. The first-order valence-electron chi connectivity index (χ1n) is 10.1. The topological polar surface area (TPSA) is 49.4 Å². The Labute approximate surface area is 207 Å². The fourth-order valence-corrected chi connectivity index (χ4v) is 4.77. The number of nitrogens with zero attached hydrogens (tertiary/aromatic N) is 1. The van der Waals surface area contributed by atoms with Crippen LogP contribution >= 0.6 is 50.9 Å². The molecule has 0 spiro atoms. The van der Waals surface area contributed by atoms with Gasteiger partial charge in [-0.15, -0.1) is 11.8 Å². The summed E-state index contributed by atoms with van der Waals surface area (Å²) in [6.07, 6.45) is 0.829. The van der Waals surface area contributed by atoms with E-state index in [1.54, 1.807) is 24.0 Å². The molecule has 168 valence electrons. The Balaban J connectivity index is 2.10. The molecule has 0 unspecified atom stereocenters. The minimum absolute atomic E-state index is 0.0548. The number of amides is 2. The van der Waals surface area contributed by atoms with Crippen LogP contribution in [0.4, 0.5) is 0 Å². The molecular weight excluding hydrogens is 519 g/mol. The Morgan fingerprint density at radius 1 is 1.16 bits per heavy atom. The van der Waals surface area contributed by atoms with Crippen LogP contribution in [-0.4, -0.2) is 34.6 Å². The van der Waals surface area contributed by atoms with Crippen molar-refractivity contribution >= 4 is 62.7 Å². The standard InChI is InChI=1S/C23H27BrCl2N2O2S/c1-4-15(2)27-23(30)16(3)28(12-17-6-5-7-19(24)10-17)22(29)14-31-13-18-8-9-20(25)11-21(18)26/h5-11,15-16H,4,12-14H2,1-3H3,(H,27,30)/t15-,16+/m1/s1. The van der Waals surface area contributed by atoms with Crippen LogP contribution in [0.1, 0.15) is 38.3 Å². The van der Waals surface area contributed by atoms with E-state index >= 15 is 0 Å². The van der Waals surface area contributed by atoms with Crippen molar-refractivity contribution in [3.05, 3.63) is 68.1 Å². The average Bonchev–Trinajstić information content (AvgIpc) is 2.72. The van der Waals surface area contributed by atoms with Gasteiger partial charge in [-0.1, -0.05) is 64.3 Å². The molecule has 0 saturated heterocycles. The fourth-order valence-electron chi connectivity index (χ4n) is 2.85. The van der Waals surface area contributed by atoms with Gasteiger partial charge in [-0.05, 0) is 55.7 Å². The molecule has 2 amide bonds. The summed E-state index contributed by atoms with van der Waals surface area (Å²) in [7, 11) is 0. The van der Waals surface area contributed by atoms with Crippen LogP contribution in [0.5, 0.6) is 0 Å². The van der Waals surface area contributed by atoms with Crippen molar-refractivity contribution in [2.75, 3.05) is 5.75 Å². The fraction of sp³-hybridized carbons (Fsp3) is 0.391. The van der Waals surface area contributed by atoms with Crippen molar-refractivity contribution in [3.8, 4) is 0 Å². The molecule has 8 heteroatoms. The molecule has 0 aliphatic heterocycles. The largest absolute Gasteiger partial charge is 0.352 e. The third kappa shape index (κ3) is 8.33. The number of carbonyl (C=O) groups is 2. The summed E-state index contributed by atoms with van der Waals surface area (Å²) in [5.41, 5.74) is 1.88. The smallest absolute Gasteiger partial charge is 0.242 e. The summed E-state index contributed by atoms with van der Waals surface area (Å²) >= 11 is 17.1. The molecule has 2 rings (SSSR count). The van der Waals surface area contributed by atoms with Crippen LogP contribution in [0.3, 0.4) is 0 Å². The number of rotatable bonds is 10. The number of halogens is 3. The second kappa shape index (κ2) is 12.7. The van der Waals surface area contributed by atoms with Gasteiger partial charge >= 0.3 is 0 Å². The molecular formula is C23H27BrCl2N2O2S. The monoisotopic (exact) mass is 544 g/mol. The Morgan fingerprint density at radius 2 is 1.90 bits per heavy atom. The number of carbonyl (C=O) groups excluding carboxylic acids is 2. The van der Waals surface area contributed by atoms with Crippen LogP contribution in [0, 0.1) is 0 Å². The number of benzene rings is 2. The normalized spacial score (nSPS) is 12.8. The lowest BCUT2D eigenvalue weighted by atomic mass is 10.1. The van der Waals surface area contributed by atoms with E-state index < -0.39 is 6.04 Å². The van der Waals surface area contributed by atoms with Gasteiger partial charge in [0.25, 0.3) is 0 Å². The zero-order chi connectivity index (χ0) is 23.0. The lowest BCUT2D eigenvalue weighted by Crippen LogP contribution is -2.50. The number of nitrogens with one attached hydrogen (secondary N) is 1. The van der Waals surface area contributed by atoms with Crippen molar-refractivity contribution in [2.24, 2.45) is 0 Å². The predicted octanol–water partition coefficient (Wildman–Crippen LogP) is 6.32. The maximum atomic E-state index is 13.1. The van der Waals surface area contributed by atoms with Gasteiger partial charge in [-0.2, -0.15) is 0 Å². The van der Waals surface area contributed by atoms with Crippen LogP contribution in [0.2, 0.25) is 10.0 Å². The first-order valence-corrected chi connectivity index (χ1v) is 12.8. The first-order chi connectivity index (χ1) is 14.7. The average molecular weight is 546 g/mol. The van der Waals surface area contributed by atoms with E-state index in [4.69, 9.17) is 23.2 Å². The van der Waals surface area contributed by atoms with E-state index in [-0.39, 0.29) is 23.6 Å². The van der Waals surface area contributed by atoms with E-state index in [0.29, 0.717) is 22.3 Å². The second-order valence-electron chi connectivity index (χ2n) is 7.37. The van der Waals surface area contributed by atoms with Crippen molar-refractivity contribution in [1.29, 1.82) is 0 Å². The maximum Gasteiger partial charge on any atom is 0.242 e. The van der Waals surface area contributed by atoms with Crippen molar-refractivity contribution in [2.45, 2.75) is 51.6 Å². The molecule has 2 atom stereocenters. The van der Waals surface area contributed by atoms with Crippen LogP contribution in [0.15, 0.2) is 46.9 Å². The maximum absolute atomic E-state index is 13.1. The van der Waals surface area contributed by atoms with Gasteiger partial charge in [0.1, 0.15) is 6.04 Å². The summed E-state index contributed by atoms with van der Waals surface area (Å²) in [4.78, 5) is 27.5. The number of hydrogen-bond donors (Lipinski definition) is 1. The van der Waals surface area contributed by atoms with Gasteiger partial charge < -0.3 is 10.2 Å². The van der Waals surface area contributed by atoms with Crippen LogP contribution in [0.25, 0.3) is 0 Å². The molecule has 0 aliphatic rings. The van der Waals surface area contributed by atoms with Gasteiger partial charge in [0, 0.05) is 32.9 Å². The van der Waals surface area contributed by atoms with E-state index in [0.717, 1.165) is 22.0 Å². The molecule has 0 fully saturated rings. The van der Waals surface area contributed by atoms with E-state index in [1.807, 2.05) is 44.2 Å². The molecule has 31 heavy (non-hydrogen) atoms. The molecule has 0 aromatic heterocycles. The first kappa shape index (κ1) is 26.0. The minimum atomic E-state index is -0.583. The van der Waals surface area contributed by atoms with Crippen molar-refractivity contribution in [3.63, 3.8) is 0 Å². The quantitative estimate of drug-likeness (QED) is 0.380. The summed E-state index contributed by atoms with van der Waals surface area (Å²) in [5, 5.41) is 4.14. The molecule has 4 nitrogen and oxygen atoms in total. The molecule has 2 aromatic rings. The molecule has 0 heterocycles. The lowest BCUT2D eigenvalue weighted by molar-refractivity contribution is -0.138. The van der Waals surface area contributed by atoms with Gasteiger partial charge in [-0.25, -0.2) is 0 Å². The van der Waals surface area contributed by atoms with Crippen molar-refractivity contribution < 1.29 is 9.59 Å². The SMILES string of the molecule is CC[C@@H](C)NC(=O)[C@H](C)N(Cc1cccc(Br)c1)C(=O)CSCc1ccc(Cl)cc1Cl. The minimum Gasteiger partial charge on any atom is -0.352 e. The van der Waals surface area contributed by atoms with E-state index in [1.165, 1.54) is 11.8 Å². The third-order valence-corrected chi connectivity index (χ3v) is 6.95. The summed E-state index contributed by atoms with van der Waals surface area (Å²) < 4.78 is 0.931. The third-order valence-electron chi connectivity index (χ3n) is 4.91. The Morgan fingerprint density at radius 3 is 2.55 bits per heavy atom. The Hall–Kier alpha value is -1.21. The zero-order valence-electron chi connectivity index (χ0n) is 17.8. The highest BCUT2D eigenvalue weighted by Gasteiger charge is 2.26. The highest BCUT2D eigenvalue weighted by molar-refractivity contribution is 9.10. The Kier molecular flexibility index (Phi) is 10.7. The summed E-state index contributed by atoms with van der Waals surface area (Å²) in [6, 6.07) is 12.6. The number of hydrogen-bond acceptors (Lipinski definition) is 3. The van der Waals surface area contributed by atoms with E-state index in [2.05, 4.69) is 21.2 Å². The molecule has 0 bridgehead atoms. The predicted molar refractivity (Wildman–Crippen MR) is 135 cm³/mol. The van der Waals surface area contributed by atoms with E-state index in [9.17, 15) is 9.59 Å². The highest BCUT2D eigenvalue weighted by atomic mass is 79.9. The molecule has 0 saturated carbocycles. The molecule has 0 radical (unpaired) electrons. The molecule has 2 aromatic carbocycles. The van der Waals surface area contributed by atoms with Crippen LogP contribution in [-0.2, 0) is 21.9 Å². The number of thioether (sulfide) groups is 1. The zero-order valence-corrected chi connectivity index (χ0v) is 21.7. The van der Waals surface area contributed by atoms with Gasteiger partial charge in [0.15, 0.2) is 0 Å². The lowest BCUT2D eigenvalue weighted by Gasteiger charge is -2.29. The van der Waals surface area contributed by atoms with Crippen LogP contribution < -0.4 is 5.32 Å². The van der Waals surface area contributed by atoms with Gasteiger partial charge in [0.2, 0.25) is 11.8 Å². The second-order valence-corrected chi connectivity index (χ2v) is 10.1. The van der Waals surface area contributed by atoms with Crippen molar-refractivity contribution in [1.82, 2.24) is 10.2 Å².